The Hall–Kier alpha value is -4.69. The number of hydrogen-bond acceptors (Lipinski definition) is 1. The summed E-state index contributed by atoms with van der Waals surface area (Å²) in [5.74, 6) is 1.97. The normalized spacial score (nSPS) is 12.8. The van der Waals surface area contributed by atoms with Crippen LogP contribution in [0.1, 0.15) is 132 Å². The van der Waals surface area contributed by atoms with Crippen LogP contribution in [0.25, 0.3) is 50.5 Å². The predicted octanol–water partition coefficient (Wildman–Crippen LogP) is 16.4. The maximum Gasteiger partial charge on any atom is 0.144 e. The molecular formula is C57H72N2. The average Bonchev–Trinajstić information content (AvgIpc) is 3.62. The van der Waals surface area contributed by atoms with Crippen molar-refractivity contribution in [2.24, 2.45) is 22.7 Å². The smallest absolute Gasteiger partial charge is 0.144 e. The lowest BCUT2D eigenvalue weighted by atomic mass is 9.72. The number of benzene rings is 5. The van der Waals surface area contributed by atoms with Gasteiger partial charge in [-0.2, -0.15) is 0 Å². The van der Waals surface area contributed by atoms with E-state index in [4.69, 9.17) is 4.98 Å². The molecule has 2 heteroatoms. The fraction of sp³-hybridized carbons (Fsp3) is 0.421. The molecule has 310 valence electrons. The van der Waals surface area contributed by atoms with Crippen molar-refractivity contribution in [1.29, 1.82) is 0 Å². The van der Waals surface area contributed by atoms with Crippen LogP contribution in [0.3, 0.4) is 0 Å². The molecule has 0 spiro atoms. The first-order chi connectivity index (χ1) is 27.6. The second-order valence-corrected chi connectivity index (χ2v) is 22.0. The zero-order valence-corrected chi connectivity index (χ0v) is 38.9. The lowest BCUT2D eigenvalue weighted by molar-refractivity contribution is 0.283. The van der Waals surface area contributed by atoms with Crippen molar-refractivity contribution in [1.82, 2.24) is 9.55 Å². The SMILES string of the molecule is CC(C)Cc1cc(-c2cc(-c3ccc(C(C)(C)CC(C)(C)C)cc3)cc(-c3ccc(C(C)(C)CC(C)(C)C)cc3)c2)cc(CC(C)C)c1-n1ccnc1-c1ccccc1. The highest BCUT2D eigenvalue weighted by atomic mass is 15.1. The lowest BCUT2D eigenvalue weighted by Gasteiger charge is -2.33. The van der Waals surface area contributed by atoms with Gasteiger partial charge in [0.1, 0.15) is 5.82 Å². The van der Waals surface area contributed by atoms with E-state index in [1.54, 1.807) is 0 Å². The van der Waals surface area contributed by atoms with Gasteiger partial charge in [0.25, 0.3) is 0 Å². The van der Waals surface area contributed by atoms with Crippen LogP contribution in [-0.4, -0.2) is 9.55 Å². The zero-order chi connectivity index (χ0) is 42.9. The van der Waals surface area contributed by atoms with Gasteiger partial charge in [0.2, 0.25) is 0 Å². The highest BCUT2D eigenvalue weighted by Gasteiger charge is 2.29. The van der Waals surface area contributed by atoms with Gasteiger partial charge in [0, 0.05) is 18.0 Å². The Bertz CT molecular complexity index is 2200. The third-order valence-corrected chi connectivity index (χ3v) is 11.6. The molecule has 6 aromatic rings. The molecule has 0 radical (unpaired) electrons. The second kappa shape index (κ2) is 17.1. The topological polar surface area (TPSA) is 17.8 Å². The molecule has 0 amide bonds. The molecule has 0 saturated heterocycles. The molecule has 5 aromatic carbocycles. The van der Waals surface area contributed by atoms with E-state index in [9.17, 15) is 0 Å². The highest BCUT2D eigenvalue weighted by Crippen LogP contribution is 2.41. The van der Waals surface area contributed by atoms with Gasteiger partial charge in [-0.1, -0.05) is 176 Å². The number of rotatable bonds is 13. The van der Waals surface area contributed by atoms with Gasteiger partial charge in [-0.25, -0.2) is 4.98 Å². The minimum Gasteiger partial charge on any atom is -0.299 e. The van der Waals surface area contributed by atoms with Gasteiger partial charge < -0.3 is 0 Å². The Labute approximate surface area is 358 Å². The van der Waals surface area contributed by atoms with Crippen molar-refractivity contribution in [3.63, 3.8) is 0 Å². The fourth-order valence-corrected chi connectivity index (χ4v) is 9.92. The second-order valence-electron chi connectivity index (χ2n) is 22.0. The number of imidazole rings is 1. The molecule has 2 nitrogen and oxygen atoms in total. The minimum atomic E-state index is 0.0866. The first-order valence-corrected chi connectivity index (χ1v) is 22.2. The van der Waals surface area contributed by atoms with Crippen LogP contribution in [0.5, 0.6) is 0 Å². The summed E-state index contributed by atoms with van der Waals surface area (Å²) >= 11 is 0. The van der Waals surface area contributed by atoms with Gasteiger partial charge >= 0.3 is 0 Å². The lowest BCUT2D eigenvalue weighted by Crippen LogP contribution is -2.24. The Kier molecular flexibility index (Phi) is 12.7. The third kappa shape index (κ3) is 10.9. The Balaban J connectivity index is 1.54. The van der Waals surface area contributed by atoms with E-state index in [1.165, 1.54) is 61.3 Å². The summed E-state index contributed by atoms with van der Waals surface area (Å²) in [6, 6.07) is 41.7. The Morgan fingerprint density at radius 1 is 0.458 bits per heavy atom. The van der Waals surface area contributed by atoms with Gasteiger partial charge in [-0.3, -0.25) is 4.57 Å². The molecular weight excluding hydrogens is 713 g/mol. The molecule has 0 unspecified atom stereocenters. The fourth-order valence-electron chi connectivity index (χ4n) is 9.92. The van der Waals surface area contributed by atoms with E-state index >= 15 is 0 Å². The van der Waals surface area contributed by atoms with E-state index in [-0.39, 0.29) is 21.7 Å². The standard InChI is InChI=1S/C57H72N2/c1-39(2)30-48-35-47(36-49(31-40(3)4)52(48)59-29-28-58-53(59)43-18-16-15-17-19-43)46-33-44(41-20-24-50(25-21-41)56(11,12)37-54(5,6)7)32-45(34-46)42-22-26-51(27-23-42)57(13,14)38-55(8,9)10/h15-29,32-36,39-40H,30-31,37-38H2,1-14H3. The van der Waals surface area contributed by atoms with Crippen molar-refractivity contribution in [2.45, 2.75) is 133 Å². The van der Waals surface area contributed by atoms with Crippen LogP contribution in [-0.2, 0) is 23.7 Å². The van der Waals surface area contributed by atoms with Crippen LogP contribution in [0.2, 0.25) is 0 Å². The number of nitrogens with zero attached hydrogens (tertiary/aromatic N) is 2. The third-order valence-electron chi connectivity index (χ3n) is 11.6. The summed E-state index contributed by atoms with van der Waals surface area (Å²) in [6.45, 7) is 33.0. The maximum absolute atomic E-state index is 4.91. The van der Waals surface area contributed by atoms with Crippen LogP contribution in [0.4, 0.5) is 0 Å². The van der Waals surface area contributed by atoms with Crippen LogP contribution < -0.4 is 0 Å². The molecule has 0 aliphatic heterocycles. The highest BCUT2D eigenvalue weighted by molar-refractivity contribution is 5.82. The molecule has 0 saturated carbocycles. The van der Waals surface area contributed by atoms with Gasteiger partial charge in [0.15, 0.2) is 0 Å². The average molecular weight is 785 g/mol. The summed E-state index contributed by atoms with van der Waals surface area (Å²) in [6.07, 6.45) is 8.31. The summed E-state index contributed by atoms with van der Waals surface area (Å²) in [5.41, 5.74) is 16.1. The van der Waals surface area contributed by atoms with Crippen molar-refractivity contribution in [3.05, 3.63) is 144 Å². The summed E-state index contributed by atoms with van der Waals surface area (Å²) in [7, 11) is 0. The summed E-state index contributed by atoms with van der Waals surface area (Å²) < 4.78 is 2.35. The Morgan fingerprint density at radius 2 is 0.847 bits per heavy atom. The van der Waals surface area contributed by atoms with E-state index in [0.717, 1.165) is 37.1 Å². The van der Waals surface area contributed by atoms with E-state index in [1.807, 2.05) is 6.20 Å². The molecule has 0 bridgehead atoms. The zero-order valence-electron chi connectivity index (χ0n) is 38.9. The number of hydrogen-bond donors (Lipinski definition) is 0. The van der Waals surface area contributed by atoms with E-state index in [2.05, 4.69) is 217 Å². The largest absolute Gasteiger partial charge is 0.299 e. The summed E-state index contributed by atoms with van der Waals surface area (Å²) in [4.78, 5) is 4.91. The monoisotopic (exact) mass is 785 g/mol. The van der Waals surface area contributed by atoms with Crippen molar-refractivity contribution in [2.75, 3.05) is 0 Å². The summed E-state index contributed by atoms with van der Waals surface area (Å²) in [5, 5.41) is 0. The van der Waals surface area contributed by atoms with Crippen molar-refractivity contribution >= 4 is 0 Å². The predicted molar refractivity (Wildman–Crippen MR) is 257 cm³/mol. The quantitative estimate of drug-likeness (QED) is 0.114. The van der Waals surface area contributed by atoms with Crippen molar-refractivity contribution < 1.29 is 0 Å². The van der Waals surface area contributed by atoms with E-state index in [0.29, 0.717) is 11.8 Å². The van der Waals surface area contributed by atoms with Gasteiger partial charge in [0.05, 0.1) is 5.69 Å². The van der Waals surface area contributed by atoms with Crippen LogP contribution >= 0.6 is 0 Å². The molecule has 0 aliphatic rings. The van der Waals surface area contributed by atoms with Gasteiger partial charge in [-0.15, -0.1) is 0 Å². The molecule has 0 atom stereocenters. The van der Waals surface area contributed by atoms with Crippen molar-refractivity contribution in [3.8, 4) is 50.5 Å². The Morgan fingerprint density at radius 3 is 1.24 bits per heavy atom. The molecule has 6 rings (SSSR count). The molecule has 0 aliphatic carbocycles. The minimum absolute atomic E-state index is 0.0866. The molecule has 59 heavy (non-hydrogen) atoms. The van der Waals surface area contributed by atoms with Gasteiger partial charge in [-0.05, 0) is 145 Å². The molecule has 1 heterocycles. The molecule has 0 fully saturated rings. The number of aromatic nitrogens is 2. The molecule has 1 aromatic heterocycles. The van der Waals surface area contributed by atoms with E-state index < -0.39 is 0 Å². The first kappa shape index (κ1) is 43.9. The van der Waals surface area contributed by atoms with Crippen LogP contribution in [0.15, 0.2) is 122 Å². The molecule has 0 N–H and O–H groups in total. The van der Waals surface area contributed by atoms with Crippen LogP contribution in [0, 0.1) is 22.7 Å². The maximum atomic E-state index is 4.91. The first-order valence-electron chi connectivity index (χ1n) is 22.2.